The molecule has 1 unspecified atom stereocenters. The Hall–Kier alpha value is -3.94. The predicted octanol–water partition coefficient (Wildman–Crippen LogP) is 4.39. The van der Waals surface area contributed by atoms with E-state index >= 15 is 0 Å². The summed E-state index contributed by atoms with van der Waals surface area (Å²) in [6.45, 7) is 6.37. The van der Waals surface area contributed by atoms with Gasteiger partial charge in [-0.1, -0.05) is 24.3 Å². The van der Waals surface area contributed by atoms with Gasteiger partial charge in [0, 0.05) is 55.2 Å². The first-order valence-corrected chi connectivity index (χ1v) is 12.1. The molecule has 2 heterocycles. The second-order valence-electron chi connectivity index (χ2n) is 9.88. The highest BCUT2D eigenvalue weighted by Gasteiger charge is 2.26. The first-order valence-electron chi connectivity index (χ1n) is 12.1. The lowest BCUT2D eigenvalue weighted by Gasteiger charge is -2.23. The number of nitrogens with one attached hydrogen (secondary N) is 2. The van der Waals surface area contributed by atoms with E-state index in [2.05, 4.69) is 15.2 Å². The number of nitrogens with zero attached hydrogens (tertiary/aromatic N) is 2. The van der Waals surface area contributed by atoms with Crippen molar-refractivity contribution in [1.29, 1.82) is 0 Å². The Labute approximate surface area is 211 Å². The molecule has 190 valence electrons. The molecule has 8 heteroatoms. The molecule has 8 nitrogen and oxygen atoms in total. The van der Waals surface area contributed by atoms with E-state index in [4.69, 9.17) is 9.47 Å². The van der Waals surface area contributed by atoms with Gasteiger partial charge in [-0.2, -0.15) is 0 Å². The smallest absolute Gasteiger partial charge is 0.408 e. The zero-order valence-electron chi connectivity index (χ0n) is 21.5. The molecule has 0 bridgehead atoms. The lowest BCUT2D eigenvalue weighted by molar-refractivity contribution is -0.123. The lowest BCUT2D eigenvalue weighted by Crippen LogP contribution is -2.49. The van der Waals surface area contributed by atoms with Crippen molar-refractivity contribution in [2.45, 2.75) is 45.4 Å². The molecule has 0 saturated carbocycles. The number of fused-ring (bicyclic) bond motifs is 2. The van der Waals surface area contributed by atoms with E-state index in [9.17, 15) is 9.59 Å². The van der Waals surface area contributed by atoms with Gasteiger partial charge in [0.2, 0.25) is 5.91 Å². The van der Waals surface area contributed by atoms with E-state index in [-0.39, 0.29) is 5.91 Å². The normalized spacial score (nSPS) is 12.5. The van der Waals surface area contributed by atoms with Gasteiger partial charge in [-0.15, -0.1) is 0 Å². The molecule has 1 atom stereocenters. The molecule has 0 spiro atoms. The SMILES string of the molecule is COc1cccc2c1ccn2CCNC(=O)C(Cc1cn(C)c2ccccc12)NC(=O)OC(C)(C)C. The molecular weight excluding hydrogens is 456 g/mol. The van der Waals surface area contributed by atoms with Crippen molar-refractivity contribution >= 4 is 33.8 Å². The minimum absolute atomic E-state index is 0.261. The monoisotopic (exact) mass is 490 g/mol. The molecular formula is C28H34N4O4. The van der Waals surface area contributed by atoms with Crippen LogP contribution in [0.15, 0.2) is 60.9 Å². The molecule has 4 rings (SSSR count). The zero-order valence-corrected chi connectivity index (χ0v) is 21.5. The molecule has 2 N–H and O–H groups in total. The maximum Gasteiger partial charge on any atom is 0.408 e. The molecule has 0 aliphatic heterocycles. The topological polar surface area (TPSA) is 86.5 Å². The van der Waals surface area contributed by atoms with Crippen LogP contribution in [-0.2, 0) is 29.5 Å². The summed E-state index contributed by atoms with van der Waals surface area (Å²) in [6, 6.07) is 15.1. The third-order valence-corrected chi connectivity index (χ3v) is 6.06. The summed E-state index contributed by atoms with van der Waals surface area (Å²) < 4.78 is 15.0. The number of carbonyl (C=O) groups is 2. The number of methoxy groups -OCH3 is 1. The number of amides is 2. The minimum Gasteiger partial charge on any atom is -0.496 e. The predicted molar refractivity (Wildman–Crippen MR) is 141 cm³/mol. The molecule has 0 aliphatic rings. The highest BCUT2D eigenvalue weighted by Crippen LogP contribution is 2.26. The van der Waals surface area contributed by atoms with Crippen LogP contribution in [0.25, 0.3) is 21.8 Å². The zero-order chi connectivity index (χ0) is 25.9. The number of hydrogen-bond acceptors (Lipinski definition) is 4. The summed E-state index contributed by atoms with van der Waals surface area (Å²) in [5.74, 6) is 0.551. The summed E-state index contributed by atoms with van der Waals surface area (Å²) in [4.78, 5) is 25.8. The van der Waals surface area contributed by atoms with Crippen molar-refractivity contribution in [1.82, 2.24) is 19.8 Å². The van der Waals surface area contributed by atoms with Crippen LogP contribution in [-0.4, -0.2) is 46.4 Å². The summed E-state index contributed by atoms with van der Waals surface area (Å²) >= 11 is 0. The summed E-state index contributed by atoms with van der Waals surface area (Å²) in [5, 5.41) is 7.84. The fourth-order valence-corrected chi connectivity index (χ4v) is 4.46. The highest BCUT2D eigenvalue weighted by molar-refractivity contribution is 5.89. The summed E-state index contributed by atoms with van der Waals surface area (Å²) in [7, 11) is 3.62. The van der Waals surface area contributed by atoms with Crippen molar-refractivity contribution < 1.29 is 19.1 Å². The number of aryl methyl sites for hydroxylation is 1. The van der Waals surface area contributed by atoms with Gasteiger partial charge in [-0.25, -0.2) is 4.79 Å². The van der Waals surface area contributed by atoms with Crippen molar-refractivity contribution in [2.75, 3.05) is 13.7 Å². The van der Waals surface area contributed by atoms with E-state index in [0.717, 1.165) is 33.1 Å². The van der Waals surface area contributed by atoms with Crippen LogP contribution in [0.4, 0.5) is 4.79 Å². The Kier molecular flexibility index (Phi) is 7.24. The van der Waals surface area contributed by atoms with Gasteiger partial charge in [-0.05, 0) is 50.6 Å². The fourth-order valence-electron chi connectivity index (χ4n) is 4.46. The van der Waals surface area contributed by atoms with Gasteiger partial charge >= 0.3 is 6.09 Å². The van der Waals surface area contributed by atoms with Crippen LogP contribution in [0, 0.1) is 0 Å². The van der Waals surface area contributed by atoms with E-state index < -0.39 is 17.7 Å². The molecule has 4 aromatic rings. The van der Waals surface area contributed by atoms with E-state index in [1.165, 1.54) is 0 Å². The average Bonchev–Trinajstić information content (AvgIpc) is 3.38. The van der Waals surface area contributed by atoms with Crippen LogP contribution < -0.4 is 15.4 Å². The molecule has 0 radical (unpaired) electrons. The quantitative estimate of drug-likeness (QED) is 0.384. The van der Waals surface area contributed by atoms with Crippen LogP contribution in [0.1, 0.15) is 26.3 Å². The van der Waals surface area contributed by atoms with E-state index in [1.807, 2.05) is 72.5 Å². The first-order chi connectivity index (χ1) is 17.2. The van der Waals surface area contributed by atoms with Crippen molar-refractivity contribution in [3.05, 3.63) is 66.5 Å². The second-order valence-corrected chi connectivity index (χ2v) is 9.88. The summed E-state index contributed by atoms with van der Waals surface area (Å²) in [6.07, 6.45) is 3.70. The molecule has 0 aliphatic carbocycles. The average molecular weight is 491 g/mol. The Balaban J connectivity index is 1.48. The number of benzene rings is 2. The third-order valence-electron chi connectivity index (χ3n) is 6.06. The van der Waals surface area contributed by atoms with Gasteiger partial charge in [0.25, 0.3) is 0 Å². The van der Waals surface area contributed by atoms with Crippen molar-refractivity contribution in [3.63, 3.8) is 0 Å². The number of alkyl carbamates (subject to hydrolysis) is 1. The number of rotatable bonds is 8. The number of aromatic nitrogens is 2. The van der Waals surface area contributed by atoms with Gasteiger partial charge in [0.1, 0.15) is 17.4 Å². The Bertz CT molecular complexity index is 1380. The van der Waals surface area contributed by atoms with Crippen LogP contribution >= 0.6 is 0 Å². The molecule has 0 fully saturated rings. The molecule has 36 heavy (non-hydrogen) atoms. The summed E-state index contributed by atoms with van der Waals surface area (Å²) in [5.41, 5.74) is 2.41. The van der Waals surface area contributed by atoms with Gasteiger partial charge in [0.15, 0.2) is 0 Å². The number of ether oxygens (including phenoxy) is 2. The maximum absolute atomic E-state index is 13.3. The lowest BCUT2D eigenvalue weighted by atomic mass is 10.0. The van der Waals surface area contributed by atoms with Crippen LogP contribution in [0.3, 0.4) is 0 Å². The first kappa shape index (κ1) is 25.2. The van der Waals surface area contributed by atoms with Gasteiger partial charge in [-0.3, -0.25) is 4.79 Å². The highest BCUT2D eigenvalue weighted by atomic mass is 16.6. The largest absolute Gasteiger partial charge is 0.496 e. The second kappa shape index (κ2) is 10.4. The minimum atomic E-state index is -0.785. The molecule has 2 aromatic heterocycles. The molecule has 2 amide bonds. The number of hydrogen-bond donors (Lipinski definition) is 2. The Morgan fingerprint density at radius 3 is 2.50 bits per heavy atom. The van der Waals surface area contributed by atoms with Crippen LogP contribution in [0.2, 0.25) is 0 Å². The van der Waals surface area contributed by atoms with Crippen LogP contribution in [0.5, 0.6) is 5.75 Å². The molecule has 2 aromatic carbocycles. The van der Waals surface area contributed by atoms with Crippen molar-refractivity contribution in [2.24, 2.45) is 7.05 Å². The third kappa shape index (κ3) is 5.64. The fraction of sp³-hybridized carbons (Fsp3) is 0.357. The Morgan fingerprint density at radius 1 is 1.00 bits per heavy atom. The van der Waals surface area contributed by atoms with Crippen molar-refractivity contribution in [3.8, 4) is 5.75 Å². The maximum atomic E-state index is 13.3. The number of para-hydroxylation sites is 1. The van der Waals surface area contributed by atoms with E-state index in [0.29, 0.717) is 19.5 Å². The standard InChI is InChI=1S/C28H34N4O4/c1-28(2,3)36-27(34)30-22(17-19-18-31(4)23-10-7-6-9-20(19)23)26(33)29-14-16-32-15-13-21-24(32)11-8-12-25(21)35-5/h6-13,15,18,22H,14,16-17H2,1-5H3,(H,29,33)(H,30,34). The number of carbonyl (C=O) groups excluding carboxylic acids is 2. The molecule has 0 saturated heterocycles. The van der Waals surface area contributed by atoms with Gasteiger partial charge < -0.3 is 29.2 Å². The van der Waals surface area contributed by atoms with Gasteiger partial charge in [0.05, 0.1) is 12.6 Å². The Morgan fingerprint density at radius 2 is 1.75 bits per heavy atom. The van der Waals surface area contributed by atoms with E-state index in [1.54, 1.807) is 27.9 Å².